The van der Waals surface area contributed by atoms with Gasteiger partial charge in [-0.15, -0.1) is 11.3 Å². The van der Waals surface area contributed by atoms with Crippen molar-refractivity contribution in [2.24, 2.45) is 0 Å². The summed E-state index contributed by atoms with van der Waals surface area (Å²) in [6, 6.07) is 20.2. The molecule has 0 unspecified atom stereocenters. The van der Waals surface area contributed by atoms with E-state index in [0.717, 1.165) is 57.9 Å². The van der Waals surface area contributed by atoms with E-state index in [4.69, 9.17) is 4.98 Å². The average Bonchev–Trinajstić information content (AvgIpc) is 3.26. The normalized spacial score (nSPS) is 14.4. The van der Waals surface area contributed by atoms with E-state index < -0.39 is 0 Å². The first-order chi connectivity index (χ1) is 16.5. The lowest BCUT2D eigenvalue weighted by Crippen LogP contribution is -2.44. The lowest BCUT2D eigenvalue weighted by molar-refractivity contribution is -0.122. The zero-order chi connectivity index (χ0) is 23.5. The quantitative estimate of drug-likeness (QED) is 0.384. The highest BCUT2D eigenvalue weighted by molar-refractivity contribution is 7.20. The lowest BCUT2D eigenvalue weighted by atomic mass is 9.95. The molecular weight excluding hydrogens is 442 g/mol. The highest BCUT2D eigenvalue weighted by atomic mass is 32.1. The van der Waals surface area contributed by atoms with Gasteiger partial charge in [0.25, 0.3) is 5.91 Å². The summed E-state index contributed by atoms with van der Waals surface area (Å²) < 4.78 is 0. The minimum absolute atomic E-state index is 0.0487. The summed E-state index contributed by atoms with van der Waals surface area (Å²) >= 11 is 1.39. The Hall–Kier alpha value is -3.25. The van der Waals surface area contributed by atoms with Crippen molar-refractivity contribution in [1.82, 2.24) is 15.2 Å². The molecule has 6 heteroatoms. The predicted octanol–water partition coefficient (Wildman–Crippen LogP) is 5.85. The Bertz CT molecular complexity index is 1330. The number of nitrogens with zero attached hydrogens (tertiary/aromatic N) is 2. The van der Waals surface area contributed by atoms with Crippen molar-refractivity contribution < 1.29 is 9.59 Å². The van der Waals surface area contributed by atoms with Crippen LogP contribution in [0.25, 0.3) is 21.1 Å². The fraction of sp³-hybridized carbons (Fsp3) is 0.321. The molecule has 0 aliphatic heterocycles. The number of hydrogen-bond donors (Lipinski definition) is 1. The number of hydrogen-bond acceptors (Lipinski definition) is 4. The van der Waals surface area contributed by atoms with Crippen LogP contribution in [0.3, 0.4) is 0 Å². The molecule has 174 valence electrons. The molecule has 1 fully saturated rings. The van der Waals surface area contributed by atoms with Crippen LogP contribution in [0.15, 0.2) is 60.7 Å². The molecule has 2 aromatic heterocycles. The molecule has 0 spiro atoms. The molecule has 1 N–H and O–H groups in total. The number of rotatable bonds is 6. The van der Waals surface area contributed by atoms with E-state index in [-0.39, 0.29) is 24.4 Å². The van der Waals surface area contributed by atoms with Crippen LogP contribution in [0.4, 0.5) is 0 Å². The number of aryl methyl sites for hydroxylation is 1. The molecule has 0 bridgehead atoms. The fourth-order valence-corrected chi connectivity index (χ4v) is 5.68. The van der Waals surface area contributed by atoms with E-state index in [1.165, 1.54) is 17.8 Å². The van der Waals surface area contributed by atoms with Gasteiger partial charge in [-0.3, -0.25) is 9.59 Å². The summed E-state index contributed by atoms with van der Waals surface area (Å²) in [7, 11) is 0. The van der Waals surface area contributed by atoms with E-state index in [9.17, 15) is 9.59 Å². The summed E-state index contributed by atoms with van der Waals surface area (Å²) in [5, 5.41) is 5.17. The monoisotopic (exact) mass is 471 g/mol. The summed E-state index contributed by atoms with van der Waals surface area (Å²) in [5.74, 6) is -0.220. The maximum atomic E-state index is 13.6. The van der Waals surface area contributed by atoms with Crippen LogP contribution >= 0.6 is 11.3 Å². The van der Waals surface area contributed by atoms with E-state index in [0.29, 0.717) is 11.4 Å². The summed E-state index contributed by atoms with van der Waals surface area (Å²) in [5.41, 5.74) is 3.09. The van der Waals surface area contributed by atoms with Gasteiger partial charge >= 0.3 is 0 Å². The van der Waals surface area contributed by atoms with Gasteiger partial charge in [0.2, 0.25) is 5.91 Å². The Balaban J connectivity index is 1.41. The predicted molar refractivity (Wildman–Crippen MR) is 138 cm³/mol. The summed E-state index contributed by atoms with van der Waals surface area (Å²) in [6.45, 7) is 2.49. The number of carbonyl (C=O) groups is 2. The first kappa shape index (κ1) is 22.5. The maximum absolute atomic E-state index is 13.6. The van der Waals surface area contributed by atoms with Gasteiger partial charge < -0.3 is 10.2 Å². The second-order valence-corrected chi connectivity index (χ2v) is 10.3. The van der Waals surface area contributed by atoms with Gasteiger partial charge in [0.15, 0.2) is 0 Å². The number of benzene rings is 2. The second-order valence-electron chi connectivity index (χ2n) is 9.24. The number of pyridine rings is 1. The molecule has 5 nitrogen and oxygen atoms in total. The van der Waals surface area contributed by atoms with Crippen molar-refractivity contribution in [2.75, 3.05) is 6.54 Å². The van der Waals surface area contributed by atoms with Crippen molar-refractivity contribution >= 4 is 44.3 Å². The number of aromatic nitrogens is 1. The molecule has 0 atom stereocenters. The smallest absolute Gasteiger partial charge is 0.264 e. The first-order valence-corrected chi connectivity index (χ1v) is 12.8. The molecule has 34 heavy (non-hydrogen) atoms. The minimum Gasteiger partial charge on any atom is -0.352 e. The van der Waals surface area contributed by atoms with Crippen molar-refractivity contribution in [1.29, 1.82) is 0 Å². The van der Waals surface area contributed by atoms with Crippen LogP contribution in [0.1, 0.15) is 52.9 Å². The largest absolute Gasteiger partial charge is 0.352 e. The first-order valence-electron chi connectivity index (χ1n) is 12.0. The van der Waals surface area contributed by atoms with Gasteiger partial charge in [0.05, 0.1) is 10.4 Å². The summed E-state index contributed by atoms with van der Waals surface area (Å²) in [6.07, 6.45) is 5.58. The van der Waals surface area contributed by atoms with E-state index in [1.54, 1.807) is 4.90 Å². The molecule has 2 aromatic carbocycles. The third kappa shape index (κ3) is 5.12. The van der Waals surface area contributed by atoms with Gasteiger partial charge in [0, 0.05) is 23.4 Å². The number of carbonyl (C=O) groups excluding carboxylic acids is 2. The number of amides is 2. The highest BCUT2D eigenvalue weighted by Crippen LogP contribution is 2.29. The highest BCUT2D eigenvalue weighted by Gasteiger charge is 2.23. The Labute approximate surface area is 203 Å². The third-order valence-corrected chi connectivity index (χ3v) is 7.51. The fourth-order valence-electron chi connectivity index (χ4n) is 4.69. The Morgan fingerprint density at radius 1 is 1.00 bits per heavy atom. The summed E-state index contributed by atoms with van der Waals surface area (Å²) in [4.78, 5) is 34.4. The number of nitrogens with one attached hydrogen (secondary N) is 1. The van der Waals surface area contributed by atoms with E-state index >= 15 is 0 Å². The van der Waals surface area contributed by atoms with Crippen LogP contribution in [-0.2, 0) is 11.3 Å². The molecule has 1 aliphatic rings. The molecule has 1 saturated carbocycles. The van der Waals surface area contributed by atoms with E-state index in [2.05, 4.69) is 36.5 Å². The Morgan fingerprint density at radius 3 is 2.59 bits per heavy atom. The van der Waals surface area contributed by atoms with Crippen LogP contribution in [0.2, 0.25) is 0 Å². The molecule has 5 rings (SSSR count). The van der Waals surface area contributed by atoms with Gasteiger partial charge in [-0.05, 0) is 49.1 Å². The molecular formula is C28H29N3O2S. The minimum atomic E-state index is -0.133. The van der Waals surface area contributed by atoms with Crippen LogP contribution in [0, 0.1) is 6.92 Å². The van der Waals surface area contributed by atoms with Crippen LogP contribution < -0.4 is 5.32 Å². The second kappa shape index (κ2) is 9.94. The molecule has 2 amide bonds. The van der Waals surface area contributed by atoms with Crippen LogP contribution in [0.5, 0.6) is 0 Å². The Kier molecular flexibility index (Phi) is 6.59. The SMILES string of the molecule is Cc1ccc2cc3cc(C(=O)N(CC(=O)NC4CCCCC4)Cc4ccccc4)sc3nc2c1. The van der Waals surface area contributed by atoms with Crippen LogP contribution in [-0.4, -0.2) is 34.3 Å². The molecule has 2 heterocycles. The van der Waals surface area contributed by atoms with Crippen molar-refractivity contribution in [3.8, 4) is 0 Å². The molecule has 4 aromatic rings. The third-order valence-electron chi connectivity index (χ3n) is 6.48. The van der Waals surface area contributed by atoms with E-state index in [1.807, 2.05) is 36.4 Å². The average molecular weight is 472 g/mol. The van der Waals surface area contributed by atoms with Gasteiger partial charge in [-0.2, -0.15) is 0 Å². The lowest BCUT2D eigenvalue weighted by Gasteiger charge is -2.26. The topological polar surface area (TPSA) is 62.3 Å². The van der Waals surface area contributed by atoms with Crippen molar-refractivity contribution in [2.45, 2.75) is 51.6 Å². The van der Waals surface area contributed by atoms with Crippen molar-refractivity contribution in [3.05, 3.63) is 76.7 Å². The molecule has 0 saturated heterocycles. The number of thiophene rings is 1. The van der Waals surface area contributed by atoms with Gasteiger partial charge in [-0.1, -0.05) is 61.7 Å². The molecule has 1 aliphatic carbocycles. The van der Waals surface area contributed by atoms with Crippen molar-refractivity contribution in [3.63, 3.8) is 0 Å². The standard InChI is InChI=1S/C28H29N3O2S/c1-19-12-13-21-15-22-16-25(34-27(22)30-24(21)14-19)28(33)31(17-20-8-4-2-5-9-20)18-26(32)29-23-10-6-3-7-11-23/h2,4-5,8-9,12-16,23H,3,6-7,10-11,17-18H2,1H3,(H,29,32). The zero-order valence-corrected chi connectivity index (χ0v) is 20.2. The molecule has 0 radical (unpaired) electrons. The van der Waals surface area contributed by atoms with Gasteiger partial charge in [-0.25, -0.2) is 4.98 Å². The van der Waals surface area contributed by atoms with Gasteiger partial charge in [0.1, 0.15) is 11.4 Å². The zero-order valence-electron chi connectivity index (χ0n) is 19.4. The number of fused-ring (bicyclic) bond motifs is 2. The Morgan fingerprint density at radius 2 is 1.79 bits per heavy atom. The maximum Gasteiger partial charge on any atom is 0.264 e.